The lowest BCUT2D eigenvalue weighted by molar-refractivity contribution is 0.210. The number of allylic oxidation sites excluding steroid dienone is 1. The number of aliphatic imine (C=N–C) groups is 1. The number of nitrogens with zero attached hydrogens (tertiary/aromatic N) is 5. The van der Waals surface area contributed by atoms with Crippen LogP contribution in [0.15, 0.2) is 34.6 Å². The molecule has 2 unspecified atom stereocenters. The largest absolute Gasteiger partial charge is 0.405 e. The molecule has 0 aliphatic carbocycles. The topological polar surface area (TPSA) is 116 Å². The van der Waals surface area contributed by atoms with Gasteiger partial charge in [0.1, 0.15) is 6.67 Å². The highest BCUT2D eigenvalue weighted by Crippen LogP contribution is 2.32. The van der Waals surface area contributed by atoms with Crippen LogP contribution in [-0.2, 0) is 0 Å². The number of amides is 2. The number of urea groups is 1. The number of aromatic nitrogens is 1. The van der Waals surface area contributed by atoms with E-state index in [4.69, 9.17) is 5.73 Å². The number of nitroso groups, excluding NO2 is 1. The van der Waals surface area contributed by atoms with E-state index < -0.39 is 0 Å². The van der Waals surface area contributed by atoms with Gasteiger partial charge in [-0.05, 0) is 41.4 Å². The number of anilines is 1. The van der Waals surface area contributed by atoms with E-state index in [0.717, 1.165) is 13.1 Å². The minimum atomic E-state index is -0.351. The zero-order chi connectivity index (χ0) is 19.2. The van der Waals surface area contributed by atoms with E-state index in [1.165, 1.54) is 30.6 Å². The third-order valence-electron chi connectivity index (χ3n) is 4.84. The first kappa shape index (κ1) is 18.9. The highest BCUT2D eigenvalue weighted by Gasteiger charge is 2.41. The summed E-state index contributed by atoms with van der Waals surface area (Å²) >= 11 is 0. The van der Waals surface area contributed by atoms with E-state index in [0.29, 0.717) is 37.3 Å². The lowest BCUT2D eigenvalue weighted by atomic mass is 10.0. The van der Waals surface area contributed by atoms with Crippen molar-refractivity contribution in [3.05, 3.63) is 29.3 Å². The molecule has 2 aliphatic heterocycles. The summed E-state index contributed by atoms with van der Waals surface area (Å²) in [6.07, 6.45) is 4.31. The Kier molecular flexibility index (Phi) is 6.07. The number of likely N-dealkylation sites (tertiary alicyclic amines) is 2. The third kappa shape index (κ3) is 4.45. The zero-order valence-corrected chi connectivity index (χ0v) is 14.8. The van der Waals surface area contributed by atoms with E-state index in [-0.39, 0.29) is 24.2 Å². The van der Waals surface area contributed by atoms with Crippen LogP contribution >= 0.6 is 0 Å². The Hall–Kier alpha value is -2.88. The van der Waals surface area contributed by atoms with Gasteiger partial charge in [-0.25, -0.2) is 19.2 Å². The van der Waals surface area contributed by atoms with Crippen LogP contribution in [0, 0.1) is 16.7 Å². The predicted octanol–water partition coefficient (Wildman–Crippen LogP) is 2.02. The fourth-order valence-corrected chi connectivity index (χ4v) is 3.59. The number of rotatable bonds is 6. The second-order valence-electron chi connectivity index (χ2n) is 6.60. The van der Waals surface area contributed by atoms with Crippen LogP contribution in [0.2, 0.25) is 0 Å². The number of carbonyl (C=O) groups is 1. The van der Waals surface area contributed by atoms with Gasteiger partial charge in [-0.2, -0.15) is 0 Å². The minimum absolute atomic E-state index is 0.0326. The molecule has 3 rings (SSSR count). The summed E-state index contributed by atoms with van der Waals surface area (Å²) in [6.45, 7) is 2.90. The van der Waals surface area contributed by atoms with E-state index in [1.54, 1.807) is 4.90 Å². The van der Waals surface area contributed by atoms with Gasteiger partial charge in [0.2, 0.25) is 0 Å². The van der Waals surface area contributed by atoms with Crippen molar-refractivity contribution in [2.75, 3.05) is 44.7 Å². The van der Waals surface area contributed by atoms with Gasteiger partial charge in [0, 0.05) is 38.9 Å². The summed E-state index contributed by atoms with van der Waals surface area (Å²) in [5.41, 5.74) is 5.27. The Morgan fingerprint density at radius 1 is 1.33 bits per heavy atom. The van der Waals surface area contributed by atoms with Crippen LogP contribution in [0.4, 0.5) is 26.5 Å². The molecule has 1 aromatic rings. The highest BCUT2D eigenvalue weighted by atomic mass is 19.1. The summed E-state index contributed by atoms with van der Waals surface area (Å²) in [6, 6.07) is 2.64. The Morgan fingerprint density at radius 3 is 2.70 bits per heavy atom. The van der Waals surface area contributed by atoms with Crippen molar-refractivity contribution >= 4 is 29.6 Å². The van der Waals surface area contributed by atoms with Gasteiger partial charge in [0.05, 0.1) is 0 Å². The van der Waals surface area contributed by atoms with E-state index in [1.807, 2.05) is 0 Å². The smallest absolute Gasteiger partial charge is 0.323 e. The van der Waals surface area contributed by atoms with Crippen molar-refractivity contribution in [2.45, 2.75) is 0 Å². The highest BCUT2D eigenvalue weighted by molar-refractivity contribution is 5.91. The minimum Gasteiger partial charge on any atom is -0.405 e. The van der Waals surface area contributed by atoms with Gasteiger partial charge in [0.15, 0.2) is 17.3 Å². The number of nitrogens with one attached hydrogen (secondary N) is 1. The van der Waals surface area contributed by atoms with Crippen LogP contribution in [0.5, 0.6) is 0 Å². The molecule has 0 radical (unpaired) electrons. The second-order valence-corrected chi connectivity index (χ2v) is 6.60. The molecule has 0 saturated carbocycles. The summed E-state index contributed by atoms with van der Waals surface area (Å²) in [5.74, 6) is 1.07. The lowest BCUT2D eigenvalue weighted by Gasteiger charge is -2.21. The van der Waals surface area contributed by atoms with Crippen molar-refractivity contribution in [1.82, 2.24) is 14.8 Å². The number of alkyl halides is 1. The van der Waals surface area contributed by atoms with Crippen LogP contribution < -0.4 is 11.1 Å². The fourth-order valence-electron chi connectivity index (χ4n) is 3.59. The number of hydrogen-bond donors (Lipinski definition) is 2. The van der Waals surface area contributed by atoms with Gasteiger partial charge in [-0.15, -0.1) is 4.91 Å². The number of halogens is 1. The molecule has 3 N–H and O–H groups in total. The van der Waals surface area contributed by atoms with Crippen LogP contribution in [-0.4, -0.2) is 66.4 Å². The summed E-state index contributed by atoms with van der Waals surface area (Å²) in [4.78, 5) is 35.6. The quantitative estimate of drug-likeness (QED) is 0.583. The first-order valence-corrected chi connectivity index (χ1v) is 8.74. The van der Waals surface area contributed by atoms with Crippen molar-refractivity contribution < 1.29 is 9.18 Å². The summed E-state index contributed by atoms with van der Waals surface area (Å²) < 4.78 is 12.5. The molecule has 144 valence electrons. The molecule has 1 aromatic heterocycles. The van der Waals surface area contributed by atoms with Crippen LogP contribution in [0.3, 0.4) is 0 Å². The lowest BCUT2D eigenvalue weighted by Crippen LogP contribution is -2.36. The molecular formula is C17H22FN7O2. The number of pyridine rings is 1. The molecule has 0 bridgehead atoms. The molecule has 3 heterocycles. The maximum atomic E-state index is 12.6. The van der Waals surface area contributed by atoms with Crippen LogP contribution in [0.25, 0.3) is 0 Å². The molecule has 9 nitrogen and oxygen atoms in total. The van der Waals surface area contributed by atoms with E-state index in [9.17, 15) is 14.1 Å². The van der Waals surface area contributed by atoms with Gasteiger partial charge >= 0.3 is 6.03 Å². The number of carbonyl (C=O) groups excluding carboxylic acids is 1. The fraction of sp³-hybridized carbons (Fsp3) is 0.471. The first-order chi connectivity index (χ1) is 13.1. The average Bonchev–Trinajstić information content (AvgIpc) is 3.21. The Bertz CT molecular complexity index is 741. The Balaban J connectivity index is 1.64. The molecule has 0 aromatic carbocycles. The second kappa shape index (κ2) is 8.67. The van der Waals surface area contributed by atoms with Crippen molar-refractivity contribution in [1.29, 1.82) is 0 Å². The van der Waals surface area contributed by atoms with Crippen molar-refractivity contribution in [3.63, 3.8) is 0 Å². The monoisotopic (exact) mass is 375 g/mol. The van der Waals surface area contributed by atoms with E-state index in [2.05, 4.69) is 25.4 Å². The maximum Gasteiger partial charge on any atom is 0.323 e. The Morgan fingerprint density at radius 2 is 2.07 bits per heavy atom. The van der Waals surface area contributed by atoms with E-state index >= 15 is 0 Å². The maximum absolute atomic E-state index is 12.6. The number of fused-ring (bicyclic) bond motifs is 1. The van der Waals surface area contributed by atoms with Crippen molar-refractivity contribution in [2.24, 2.45) is 27.7 Å². The molecule has 2 atom stereocenters. The number of hydrogen-bond acceptors (Lipinski definition) is 7. The van der Waals surface area contributed by atoms with Gasteiger partial charge in [0.25, 0.3) is 0 Å². The van der Waals surface area contributed by atoms with Gasteiger partial charge in [-0.1, -0.05) is 0 Å². The summed E-state index contributed by atoms with van der Waals surface area (Å²) in [7, 11) is 0. The molecular weight excluding hydrogens is 353 g/mol. The third-order valence-corrected chi connectivity index (χ3v) is 4.84. The average molecular weight is 375 g/mol. The number of nitrogens with two attached hydrogens (primary N) is 1. The zero-order valence-electron chi connectivity index (χ0n) is 14.8. The normalized spacial score (nSPS) is 22.6. The predicted molar refractivity (Wildman–Crippen MR) is 101 cm³/mol. The molecule has 2 fully saturated rings. The van der Waals surface area contributed by atoms with Crippen LogP contribution in [0.1, 0.15) is 0 Å². The molecule has 27 heavy (non-hydrogen) atoms. The van der Waals surface area contributed by atoms with Gasteiger partial charge < -0.3 is 15.5 Å². The summed E-state index contributed by atoms with van der Waals surface area (Å²) in [5, 5.41) is 5.55. The van der Waals surface area contributed by atoms with Crippen molar-refractivity contribution in [3.8, 4) is 0 Å². The molecule has 2 saturated heterocycles. The van der Waals surface area contributed by atoms with Gasteiger partial charge in [-0.3, -0.25) is 5.32 Å². The molecule has 2 aliphatic rings. The first-order valence-electron chi connectivity index (χ1n) is 8.74. The SMILES string of the molecule is NC=CC=Nc1ccc(N=O)c(NC(=O)N2CC3CN(CCF)CC3C2)n1. The molecule has 2 amide bonds. The molecule has 10 heteroatoms. The standard InChI is InChI=1S/C17H22FN7O2/c18-4-7-24-8-12-10-25(11-13(12)9-24)17(26)22-16-14(23-27)2-3-15(21-16)20-6-1-5-19/h1-3,5-6,12-13H,4,7-11,19H2,(H,21,22,26). The molecule has 0 spiro atoms. The Labute approximate surface area is 156 Å².